The molecule has 0 bridgehead atoms. The summed E-state index contributed by atoms with van der Waals surface area (Å²) >= 11 is 0. The summed E-state index contributed by atoms with van der Waals surface area (Å²) in [5, 5.41) is 19.0. The fourth-order valence-corrected chi connectivity index (χ4v) is 2.98. The van der Waals surface area contributed by atoms with Crippen molar-refractivity contribution in [3.8, 4) is 6.07 Å². The number of benzene rings is 1. The second-order valence-corrected chi connectivity index (χ2v) is 5.64. The first-order valence-corrected chi connectivity index (χ1v) is 6.42. The molecular weight excluding hydrogens is 224 g/mol. The quantitative estimate of drug-likeness (QED) is 0.869. The molecule has 1 fully saturated rings. The minimum absolute atomic E-state index is 0.285. The van der Waals surface area contributed by atoms with Crippen molar-refractivity contribution < 1.29 is 5.11 Å². The summed E-state index contributed by atoms with van der Waals surface area (Å²) in [6.07, 6.45) is 1.00. The van der Waals surface area contributed by atoms with Gasteiger partial charge in [-0.25, -0.2) is 0 Å². The molecule has 0 radical (unpaired) electrons. The number of anilines is 1. The number of nitrogens with zero attached hydrogens (tertiary/aromatic N) is 2. The molecule has 3 heteroatoms. The van der Waals surface area contributed by atoms with Crippen LogP contribution in [0.4, 0.5) is 5.69 Å². The predicted molar refractivity (Wildman–Crippen MR) is 72.4 cm³/mol. The molecule has 0 spiro atoms. The Bertz CT molecular complexity index is 453. The van der Waals surface area contributed by atoms with Crippen LogP contribution < -0.4 is 4.90 Å². The van der Waals surface area contributed by atoms with Gasteiger partial charge in [0.2, 0.25) is 0 Å². The van der Waals surface area contributed by atoms with Crippen LogP contribution in [0.3, 0.4) is 0 Å². The summed E-state index contributed by atoms with van der Waals surface area (Å²) in [6, 6.07) is 10.1. The van der Waals surface area contributed by atoms with Gasteiger partial charge in [-0.3, -0.25) is 0 Å². The van der Waals surface area contributed by atoms with Crippen molar-refractivity contribution >= 4 is 5.69 Å². The van der Waals surface area contributed by atoms with Crippen molar-refractivity contribution in [2.75, 3.05) is 11.4 Å². The molecule has 0 aliphatic carbocycles. The molecule has 1 N–H and O–H groups in total. The number of nitriles is 1. The van der Waals surface area contributed by atoms with E-state index >= 15 is 0 Å². The van der Waals surface area contributed by atoms with Gasteiger partial charge in [0, 0.05) is 24.2 Å². The molecule has 18 heavy (non-hydrogen) atoms. The summed E-state index contributed by atoms with van der Waals surface area (Å²) in [4.78, 5) is 2.31. The van der Waals surface area contributed by atoms with Crippen LogP contribution in [0.1, 0.15) is 32.8 Å². The largest absolute Gasteiger partial charge is 0.390 e. The molecule has 96 valence electrons. The molecule has 2 rings (SSSR count). The van der Waals surface area contributed by atoms with E-state index in [4.69, 9.17) is 5.26 Å². The predicted octanol–water partition coefficient (Wildman–Crippen LogP) is 2.54. The van der Waals surface area contributed by atoms with E-state index in [2.05, 4.69) is 17.9 Å². The molecular formula is C15H20N2O. The fraction of sp³-hybridized carbons (Fsp3) is 0.533. The van der Waals surface area contributed by atoms with Crippen molar-refractivity contribution in [1.29, 1.82) is 5.26 Å². The molecule has 1 heterocycles. The zero-order valence-electron chi connectivity index (χ0n) is 11.2. The Kier molecular flexibility index (Phi) is 3.32. The van der Waals surface area contributed by atoms with E-state index < -0.39 is 5.60 Å². The van der Waals surface area contributed by atoms with Crippen LogP contribution in [0.2, 0.25) is 0 Å². The number of hydrogen-bond donors (Lipinski definition) is 1. The highest BCUT2D eigenvalue weighted by Gasteiger charge is 2.39. The van der Waals surface area contributed by atoms with E-state index in [1.807, 2.05) is 38.1 Å². The molecule has 0 aromatic heterocycles. The van der Waals surface area contributed by atoms with E-state index in [-0.39, 0.29) is 5.92 Å². The average Bonchev–Trinajstić information content (AvgIpc) is 2.71. The molecule has 0 unspecified atom stereocenters. The van der Waals surface area contributed by atoms with E-state index in [9.17, 15) is 5.11 Å². The Hall–Kier alpha value is -1.53. The first kappa shape index (κ1) is 12.9. The minimum Gasteiger partial charge on any atom is -0.390 e. The van der Waals surface area contributed by atoms with E-state index in [1.165, 1.54) is 0 Å². The summed E-state index contributed by atoms with van der Waals surface area (Å²) in [5.74, 6) is 0.285. The van der Waals surface area contributed by atoms with Crippen molar-refractivity contribution in [1.82, 2.24) is 0 Å². The Morgan fingerprint density at radius 1 is 1.33 bits per heavy atom. The highest BCUT2D eigenvalue weighted by Crippen LogP contribution is 2.35. The van der Waals surface area contributed by atoms with Crippen LogP contribution in [0, 0.1) is 17.2 Å². The first-order valence-electron chi connectivity index (χ1n) is 6.42. The lowest BCUT2D eigenvalue weighted by molar-refractivity contribution is 0.0156. The van der Waals surface area contributed by atoms with Gasteiger partial charge in [0.25, 0.3) is 0 Å². The van der Waals surface area contributed by atoms with Crippen LogP contribution >= 0.6 is 0 Å². The molecule has 2 atom stereocenters. The highest BCUT2D eigenvalue weighted by molar-refractivity contribution is 5.51. The highest BCUT2D eigenvalue weighted by atomic mass is 16.3. The summed E-state index contributed by atoms with van der Waals surface area (Å²) in [7, 11) is 0. The monoisotopic (exact) mass is 244 g/mol. The first-order chi connectivity index (χ1) is 8.43. The molecule has 1 aliphatic rings. The summed E-state index contributed by atoms with van der Waals surface area (Å²) in [5.41, 5.74) is 1.18. The fourth-order valence-electron chi connectivity index (χ4n) is 2.98. The smallest absolute Gasteiger partial charge is 0.0991 e. The van der Waals surface area contributed by atoms with Crippen LogP contribution in [-0.4, -0.2) is 23.3 Å². The lowest BCUT2D eigenvalue weighted by Gasteiger charge is -2.32. The van der Waals surface area contributed by atoms with Gasteiger partial charge in [0.1, 0.15) is 0 Å². The summed E-state index contributed by atoms with van der Waals surface area (Å²) < 4.78 is 0. The molecule has 0 amide bonds. The maximum atomic E-state index is 10.2. The molecule has 3 nitrogen and oxygen atoms in total. The van der Waals surface area contributed by atoms with Gasteiger partial charge in [-0.2, -0.15) is 5.26 Å². The Morgan fingerprint density at radius 2 is 1.94 bits per heavy atom. The third-order valence-corrected chi connectivity index (χ3v) is 3.99. The van der Waals surface area contributed by atoms with Crippen molar-refractivity contribution in [3.63, 3.8) is 0 Å². The van der Waals surface area contributed by atoms with Crippen LogP contribution in [0.15, 0.2) is 24.3 Å². The molecule has 1 aromatic rings. The Labute approximate surface area is 109 Å². The van der Waals surface area contributed by atoms with Crippen molar-refractivity contribution in [2.24, 2.45) is 5.92 Å². The summed E-state index contributed by atoms with van der Waals surface area (Å²) in [6.45, 7) is 6.89. The minimum atomic E-state index is -0.638. The van der Waals surface area contributed by atoms with Gasteiger partial charge in [-0.15, -0.1) is 0 Å². The molecule has 0 saturated carbocycles. The Balaban J connectivity index is 2.18. The average molecular weight is 244 g/mol. The maximum absolute atomic E-state index is 10.2. The zero-order chi connectivity index (χ0) is 13.3. The van der Waals surface area contributed by atoms with E-state index in [0.29, 0.717) is 11.6 Å². The van der Waals surface area contributed by atoms with Crippen LogP contribution in [0.5, 0.6) is 0 Å². The zero-order valence-corrected chi connectivity index (χ0v) is 11.2. The SMILES string of the molecule is C[C@H]1[C@@H](C(C)(C)O)CCN1c1ccc(C#N)cc1. The normalized spacial score (nSPS) is 24.1. The Morgan fingerprint density at radius 3 is 2.39 bits per heavy atom. The van der Waals surface area contributed by atoms with E-state index in [1.54, 1.807) is 0 Å². The standard InChI is InChI=1S/C15H20N2O/c1-11-14(15(2,3)18)8-9-17(11)13-6-4-12(10-16)5-7-13/h4-7,11,14,18H,8-9H2,1-3H3/t11-,14-/m0/s1. The van der Waals surface area contributed by atoms with Crippen LogP contribution in [-0.2, 0) is 0 Å². The maximum Gasteiger partial charge on any atom is 0.0991 e. The van der Waals surface area contributed by atoms with Crippen LogP contribution in [0.25, 0.3) is 0 Å². The third-order valence-electron chi connectivity index (χ3n) is 3.99. The number of hydrogen-bond acceptors (Lipinski definition) is 3. The van der Waals surface area contributed by atoms with Gasteiger partial charge in [-0.1, -0.05) is 0 Å². The number of aliphatic hydroxyl groups is 1. The lowest BCUT2D eigenvalue weighted by atomic mass is 9.85. The van der Waals surface area contributed by atoms with E-state index in [0.717, 1.165) is 18.7 Å². The second kappa shape index (κ2) is 4.62. The molecule has 1 aromatic carbocycles. The van der Waals surface area contributed by atoms with Crippen molar-refractivity contribution in [3.05, 3.63) is 29.8 Å². The lowest BCUT2D eigenvalue weighted by Crippen LogP contribution is -2.40. The molecule has 1 saturated heterocycles. The molecule has 1 aliphatic heterocycles. The van der Waals surface area contributed by atoms with Gasteiger partial charge in [0.15, 0.2) is 0 Å². The van der Waals surface area contributed by atoms with Gasteiger partial charge in [-0.05, 0) is 51.5 Å². The van der Waals surface area contributed by atoms with Gasteiger partial charge in [0.05, 0.1) is 17.2 Å². The number of rotatable bonds is 2. The second-order valence-electron chi connectivity index (χ2n) is 5.64. The third kappa shape index (κ3) is 2.34. The van der Waals surface area contributed by atoms with Crippen molar-refractivity contribution in [2.45, 2.75) is 38.8 Å². The van der Waals surface area contributed by atoms with Gasteiger partial charge >= 0.3 is 0 Å². The topological polar surface area (TPSA) is 47.3 Å². The van der Waals surface area contributed by atoms with Gasteiger partial charge < -0.3 is 10.0 Å².